The van der Waals surface area contributed by atoms with Crippen LogP contribution >= 0.6 is 11.8 Å². The molecule has 0 atom stereocenters. The van der Waals surface area contributed by atoms with Gasteiger partial charge in [0.2, 0.25) is 0 Å². The van der Waals surface area contributed by atoms with Gasteiger partial charge in [-0.2, -0.15) is 8.78 Å². The fourth-order valence-corrected chi connectivity index (χ4v) is 3.05. The summed E-state index contributed by atoms with van der Waals surface area (Å²) in [4.78, 5) is 1.07. The third-order valence-corrected chi connectivity index (χ3v) is 4.34. The van der Waals surface area contributed by atoms with Crippen LogP contribution in [0.15, 0.2) is 47.4 Å². The van der Waals surface area contributed by atoms with Gasteiger partial charge in [0, 0.05) is 17.1 Å². The Bertz CT molecular complexity index is 647. The van der Waals surface area contributed by atoms with E-state index in [-0.39, 0.29) is 5.75 Å². The van der Waals surface area contributed by atoms with Crippen LogP contribution in [0.2, 0.25) is 0 Å². The van der Waals surface area contributed by atoms with Gasteiger partial charge in [0.15, 0.2) is 11.5 Å². The van der Waals surface area contributed by atoms with E-state index in [9.17, 15) is 8.78 Å². The molecular formula is C17H16F2O3S. The van der Waals surface area contributed by atoms with Crippen molar-refractivity contribution in [3.63, 3.8) is 0 Å². The highest BCUT2D eigenvalue weighted by Crippen LogP contribution is 2.35. The highest BCUT2D eigenvalue weighted by Gasteiger charge is 2.11. The quantitative estimate of drug-likeness (QED) is 0.736. The van der Waals surface area contributed by atoms with Gasteiger partial charge in [-0.25, -0.2) is 0 Å². The number of alkyl halides is 2. The SMILES string of the molecule is FC(F)Oc1ccc(CSc2ccc3c(c2)OCCCO3)cc1. The predicted molar refractivity (Wildman–Crippen MR) is 84.7 cm³/mol. The molecule has 0 unspecified atom stereocenters. The van der Waals surface area contributed by atoms with E-state index in [1.165, 1.54) is 0 Å². The van der Waals surface area contributed by atoms with Crippen LogP contribution in [0, 0.1) is 0 Å². The Labute approximate surface area is 137 Å². The standard InChI is InChI=1S/C17H16F2O3S/c18-17(19)22-13-4-2-12(3-5-13)11-23-14-6-7-15-16(10-14)21-9-1-8-20-15/h2-7,10,17H,1,8-9,11H2. The van der Waals surface area contributed by atoms with Gasteiger partial charge in [-0.1, -0.05) is 12.1 Å². The number of fused-ring (bicyclic) bond motifs is 1. The van der Waals surface area contributed by atoms with Gasteiger partial charge in [-0.15, -0.1) is 11.8 Å². The molecule has 0 amide bonds. The largest absolute Gasteiger partial charge is 0.490 e. The molecule has 1 aliphatic rings. The maximum absolute atomic E-state index is 12.1. The van der Waals surface area contributed by atoms with E-state index in [4.69, 9.17) is 9.47 Å². The molecule has 6 heteroatoms. The normalized spacial score (nSPS) is 13.7. The zero-order valence-corrected chi connectivity index (χ0v) is 13.2. The molecule has 1 aliphatic heterocycles. The molecule has 0 bridgehead atoms. The minimum Gasteiger partial charge on any atom is -0.490 e. The summed E-state index contributed by atoms with van der Waals surface area (Å²) in [7, 11) is 0. The summed E-state index contributed by atoms with van der Waals surface area (Å²) in [6.07, 6.45) is 0.879. The number of halogens is 2. The Morgan fingerprint density at radius 1 is 1.00 bits per heavy atom. The lowest BCUT2D eigenvalue weighted by atomic mass is 10.2. The van der Waals surface area contributed by atoms with E-state index in [2.05, 4.69) is 4.74 Å². The molecule has 2 aromatic carbocycles. The van der Waals surface area contributed by atoms with Crippen LogP contribution < -0.4 is 14.2 Å². The van der Waals surface area contributed by atoms with Crippen LogP contribution in [-0.4, -0.2) is 19.8 Å². The lowest BCUT2D eigenvalue weighted by Crippen LogP contribution is -2.01. The second-order valence-electron chi connectivity index (χ2n) is 4.97. The topological polar surface area (TPSA) is 27.7 Å². The summed E-state index contributed by atoms with van der Waals surface area (Å²) in [5.41, 5.74) is 1.03. The van der Waals surface area contributed by atoms with Crippen LogP contribution in [0.3, 0.4) is 0 Å². The van der Waals surface area contributed by atoms with Gasteiger partial charge in [0.25, 0.3) is 0 Å². The maximum Gasteiger partial charge on any atom is 0.387 e. The predicted octanol–water partition coefficient (Wildman–Crippen LogP) is 4.74. The molecule has 1 heterocycles. The van der Waals surface area contributed by atoms with Crippen LogP contribution in [0.4, 0.5) is 8.78 Å². The summed E-state index contributed by atoms with van der Waals surface area (Å²) in [6.45, 7) is -1.46. The first kappa shape index (κ1) is 15.9. The van der Waals surface area contributed by atoms with E-state index in [1.54, 1.807) is 36.0 Å². The third kappa shape index (κ3) is 4.51. The number of rotatable bonds is 5. The van der Waals surface area contributed by atoms with Crippen molar-refractivity contribution in [3.05, 3.63) is 48.0 Å². The Morgan fingerprint density at radius 3 is 2.48 bits per heavy atom. The van der Waals surface area contributed by atoms with Crippen molar-refractivity contribution in [1.82, 2.24) is 0 Å². The monoisotopic (exact) mass is 338 g/mol. The molecule has 0 spiro atoms. The number of hydrogen-bond acceptors (Lipinski definition) is 4. The molecular weight excluding hydrogens is 322 g/mol. The zero-order chi connectivity index (χ0) is 16.1. The minimum absolute atomic E-state index is 0.171. The van der Waals surface area contributed by atoms with E-state index < -0.39 is 6.61 Å². The average Bonchev–Trinajstić information content (AvgIpc) is 2.78. The molecule has 3 rings (SSSR count). The average molecular weight is 338 g/mol. The van der Waals surface area contributed by atoms with Crippen molar-refractivity contribution in [2.75, 3.05) is 13.2 Å². The molecule has 23 heavy (non-hydrogen) atoms. The van der Waals surface area contributed by atoms with Crippen LogP contribution in [0.5, 0.6) is 17.2 Å². The van der Waals surface area contributed by atoms with Crippen molar-refractivity contribution in [2.45, 2.75) is 23.7 Å². The van der Waals surface area contributed by atoms with E-state index >= 15 is 0 Å². The third-order valence-electron chi connectivity index (χ3n) is 3.27. The Kier molecular flexibility index (Phi) is 5.23. The van der Waals surface area contributed by atoms with Crippen molar-refractivity contribution in [3.8, 4) is 17.2 Å². The fourth-order valence-electron chi connectivity index (χ4n) is 2.17. The molecule has 0 radical (unpaired) electrons. The van der Waals surface area contributed by atoms with Gasteiger partial charge >= 0.3 is 6.61 Å². The molecule has 0 fully saturated rings. The molecule has 0 N–H and O–H groups in total. The molecule has 0 aromatic heterocycles. The number of thioether (sulfide) groups is 1. The summed E-state index contributed by atoms with van der Waals surface area (Å²) in [5.74, 6) is 2.45. The number of ether oxygens (including phenoxy) is 3. The fraction of sp³-hybridized carbons (Fsp3) is 0.294. The second kappa shape index (κ2) is 7.55. The summed E-state index contributed by atoms with van der Waals surface area (Å²) in [6, 6.07) is 12.6. The van der Waals surface area contributed by atoms with E-state index in [0.29, 0.717) is 13.2 Å². The van der Waals surface area contributed by atoms with Gasteiger partial charge in [0.05, 0.1) is 13.2 Å². The van der Waals surface area contributed by atoms with E-state index in [0.717, 1.165) is 34.1 Å². The van der Waals surface area contributed by atoms with Crippen molar-refractivity contribution >= 4 is 11.8 Å². The first-order valence-corrected chi connectivity index (χ1v) is 8.25. The molecule has 0 aliphatic carbocycles. The summed E-state index contributed by atoms with van der Waals surface area (Å²) < 4.78 is 39.8. The van der Waals surface area contributed by atoms with Gasteiger partial charge < -0.3 is 14.2 Å². The highest BCUT2D eigenvalue weighted by atomic mass is 32.2. The maximum atomic E-state index is 12.1. The van der Waals surface area contributed by atoms with Gasteiger partial charge in [0.1, 0.15) is 5.75 Å². The Morgan fingerprint density at radius 2 is 1.74 bits per heavy atom. The van der Waals surface area contributed by atoms with Gasteiger partial charge in [-0.05, 0) is 35.9 Å². The van der Waals surface area contributed by atoms with E-state index in [1.807, 2.05) is 18.2 Å². The first-order valence-electron chi connectivity index (χ1n) is 7.27. The first-order chi connectivity index (χ1) is 11.2. The lowest BCUT2D eigenvalue weighted by molar-refractivity contribution is -0.0498. The Balaban J connectivity index is 1.60. The molecule has 0 saturated carbocycles. The number of hydrogen-bond donors (Lipinski definition) is 0. The molecule has 122 valence electrons. The second-order valence-corrected chi connectivity index (χ2v) is 6.02. The van der Waals surface area contributed by atoms with Crippen LogP contribution in [0.25, 0.3) is 0 Å². The Hall–Kier alpha value is -1.95. The lowest BCUT2D eigenvalue weighted by Gasteiger charge is -2.09. The molecule has 2 aromatic rings. The van der Waals surface area contributed by atoms with Crippen molar-refractivity contribution in [2.24, 2.45) is 0 Å². The molecule has 3 nitrogen and oxygen atoms in total. The van der Waals surface area contributed by atoms with Crippen LogP contribution in [-0.2, 0) is 5.75 Å². The summed E-state index contributed by atoms with van der Waals surface area (Å²) in [5, 5.41) is 0. The van der Waals surface area contributed by atoms with Crippen molar-refractivity contribution in [1.29, 1.82) is 0 Å². The highest BCUT2D eigenvalue weighted by molar-refractivity contribution is 7.98. The zero-order valence-electron chi connectivity index (χ0n) is 12.3. The molecule has 0 saturated heterocycles. The smallest absolute Gasteiger partial charge is 0.387 e. The van der Waals surface area contributed by atoms with Gasteiger partial charge in [-0.3, -0.25) is 0 Å². The summed E-state index contributed by atoms with van der Waals surface area (Å²) >= 11 is 1.65. The van der Waals surface area contributed by atoms with Crippen molar-refractivity contribution < 1.29 is 23.0 Å². The number of benzene rings is 2. The van der Waals surface area contributed by atoms with Crippen LogP contribution in [0.1, 0.15) is 12.0 Å². The minimum atomic E-state index is -2.79.